The van der Waals surface area contributed by atoms with Crippen LogP contribution >= 0.6 is 23.2 Å². The average Bonchev–Trinajstić information content (AvgIpc) is 3.05. The smallest absolute Gasteiger partial charge is 0.264 e. The lowest BCUT2D eigenvalue weighted by Gasteiger charge is -2.34. The van der Waals surface area contributed by atoms with Gasteiger partial charge in [-0.2, -0.15) is 0 Å². The van der Waals surface area contributed by atoms with Gasteiger partial charge < -0.3 is 15.0 Å². The van der Waals surface area contributed by atoms with E-state index in [0.717, 1.165) is 9.87 Å². The van der Waals surface area contributed by atoms with Gasteiger partial charge in [0.15, 0.2) is 0 Å². The fourth-order valence-electron chi connectivity index (χ4n) is 4.75. The van der Waals surface area contributed by atoms with E-state index >= 15 is 0 Å². The maximum absolute atomic E-state index is 14.5. The zero-order valence-electron chi connectivity index (χ0n) is 25.0. The number of carbonyl (C=O) groups is 2. The van der Waals surface area contributed by atoms with Gasteiger partial charge in [-0.25, -0.2) is 8.42 Å². The second-order valence-corrected chi connectivity index (χ2v) is 13.0. The van der Waals surface area contributed by atoms with Gasteiger partial charge in [-0.1, -0.05) is 84.7 Å². The van der Waals surface area contributed by atoms with Crippen LogP contribution in [0.5, 0.6) is 5.75 Å². The second kappa shape index (κ2) is 15.8. The third-order valence-corrected chi connectivity index (χ3v) is 9.52. The van der Waals surface area contributed by atoms with Crippen LogP contribution in [0.2, 0.25) is 10.0 Å². The molecule has 0 fully saturated rings. The monoisotopic (exact) mass is 667 g/mol. The molecular formula is C34H35Cl2N3O5S. The summed E-state index contributed by atoms with van der Waals surface area (Å²) in [5.41, 5.74) is 1.64. The Balaban J connectivity index is 1.81. The number of benzene rings is 4. The first kappa shape index (κ1) is 33.8. The second-order valence-electron chi connectivity index (χ2n) is 10.3. The zero-order valence-corrected chi connectivity index (χ0v) is 27.4. The van der Waals surface area contributed by atoms with E-state index in [4.69, 9.17) is 27.9 Å². The molecular weight excluding hydrogens is 633 g/mol. The van der Waals surface area contributed by atoms with Crippen LogP contribution in [0.15, 0.2) is 108 Å². The van der Waals surface area contributed by atoms with Crippen molar-refractivity contribution in [2.24, 2.45) is 0 Å². The maximum atomic E-state index is 14.5. The maximum Gasteiger partial charge on any atom is 0.264 e. The molecule has 0 radical (unpaired) electrons. The van der Waals surface area contributed by atoms with Crippen LogP contribution in [0.4, 0.5) is 5.69 Å². The molecule has 0 unspecified atom stereocenters. The number of sulfonamides is 1. The quantitative estimate of drug-likeness (QED) is 0.169. The van der Waals surface area contributed by atoms with Gasteiger partial charge in [0.2, 0.25) is 11.8 Å². The highest BCUT2D eigenvalue weighted by atomic mass is 35.5. The standard InChI is InChI=1S/C34H35Cl2N3O5S/c1-3-20-37-34(41)32(21-25-10-6-4-7-11-25)38(23-26-14-15-27(35)22-31(26)36)33(40)24-39(28-16-18-29(44-2)19-17-28)45(42,43)30-12-8-5-9-13-30/h4-19,22,32H,3,20-21,23-24H2,1-2H3,(H,37,41)/t32-/m0/s1. The molecule has 2 amide bonds. The molecule has 4 aromatic rings. The van der Waals surface area contributed by atoms with E-state index in [1.807, 2.05) is 37.3 Å². The lowest BCUT2D eigenvalue weighted by atomic mass is 10.0. The molecule has 4 rings (SSSR count). The number of nitrogens with one attached hydrogen (secondary N) is 1. The molecule has 0 spiro atoms. The minimum absolute atomic E-state index is 0.0161. The van der Waals surface area contributed by atoms with Crippen LogP contribution in [0.25, 0.3) is 0 Å². The van der Waals surface area contributed by atoms with Crippen molar-refractivity contribution in [3.8, 4) is 5.75 Å². The highest BCUT2D eigenvalue weighted by Crippen LogP contribution is 2.28. The highest BCUT2D eigenvalue weighted by Gasteiger charge is 2.34. The fourth-order valence-corrected chi connectivity index (χ4v) is 6.65. The summed E-state index contributed by atoms with van der Waals surface area (Å²) < 4.78 is 34.4. The van der Waals surface area contributed by atoms with Gasteiger partial charge in [-0.3, -0.25) is 13.9 Å². The van der Waals surface area contributed by atoms with Crippen LogP contribution in [-0.4, -0.2) is 51.4 Å². The molecule has 0 aliphatic heterocycles. The molecule has 0 saturated carbocycles. The van der Waals surface area contributed by atoms with E-state index in [0.29, 0.717) is 34.3 Å². The summed E-state index contributed by atoms with van der Waals surface area (Å²) in [4.78, 5) is 29.6. The van der Waals surface area contributed by atoms with Crippen LogP contribution in [0, 0.1) is 0 Å². The Bertz CT molecular complexity index is 1690. The van der Waals surface area contributed by atoms with Gasteiger partial charge in [-0.15, -0.1) is 0 Å². The first-order valence-electron chi connectivity index (χ1n) is 14.4. The van der Waals surface area contributed by atoms with Crippen molar-refractivity contribution < 1.29 is 22.7 Å². The topological polar surface area (TPSA) is 96.0 Å². The Morgan fingerprint density at radius 3 is 2.13 bits per heavy atom. The summed E-state index contributed by atoms with van der Waals surface area (Å²) in [6.07, 6.45) is 0.891. The van der Waals surface area contributed by atoms with Crippen molar-refractivity contribution in [3.63, 3.8) is 0 Å². The normalized spacial score (nSPS) is 11.8. The summed E-state index contributed by atoms with van der Waals surface area (Å²) in [5, 5.41) is 3.65. The predicted octanol–water partition coefficient (Wildman–Crippen LogP) is 6.36. The Kier molecular flexibility index (Phi) is 11.9. The fraction of sp³-hybridized carbons (Fsp3) is 0.235. The Morgan fingerprint density at radius 2 is 1.53 bits per heavy atom. The van der Waals surface area contributed by atoms with E-state index < -0.39 is 28.5 Å². The first-order valence-corrected chi connectivity index (χ1v) is 16.6. The third-order valence-electron chi connectivity index (χ3n) is 7.15. The lowest BCUT2D eigenvalue weighted by molar-refractivity contribution is -0.140. The molecule has 0 aliphatic rings. The molecule has 1 atom stereocenters. The number of ether oxygens (including phenoxy) is 1. The molecule has 1 N–H and O–H groups in total. The largest absolute Gasteiger partial charge is 0.497 e. The number of amides is 2. The third kappa shape index (κ3) is 8.78. The van der Waals surface area contributed by atoms with Crippen molar-refractivity contribution in [2.45, 2.75) is 37.2 Å². The molecule has 0 aliphatic carbocycles. The van der Waals surface area contributed by atoms with E-state index in [1.165, 1.54) is 24.1 Å². The van der Waals surface area contributed by atoms with Crippen LogP contribution in [-0.2, 0) is 32.6 Å². The predicted molar refractivity (Wildman–Crippen MR) is 178 cm³/mol. The molecule has 4 aromatic carbocycles. The zero-order chi connectivity index (χ0) is 32.4. The van der Waals surface area contributed by atoms with Crippen molar-refractivity contribution in [2.75, 3.05) is 24.5 Å². The SMILES string of the molecule is CCCNC(=O)[C@H](Cc1ccccc1)N(Cc1ccc(Cl)cc1Cl)C(=O)CN(c1ccc(OC)cc1)S(=O)(=O)c1ccccc1. The number of carbonyl (C=O) groups excluding carboxylic acids is 2. The summed E-state index contributed by atoms with van der Waals surface area (Å²) in [7, 11) is -2.70. The van der Waals surface area contributed by atoms with Gasteiger partial charge in [0.1, 0.15) is 18.3 Å². The molecule has 11 heteroatoms. The van der Waals surface area contributed by atoms with Gasteiger partial charge in [0.05, 0.1) is 17.7 Å². The van der Waals surface area contributed by atoms with Crippen molar-refractivity contribution in [1.29, 1.82) is 0 Å². The molecule has 8 nitrogen and oxygen atoms in total. The van der Waals surface area contributed by atoms with Gasteiger partial charge in [0.25, 0.3) is 10.0 Å². The molecule has 0 bridgehead atoms. The van der Waals surface area contributed by atoms with Crippen molar-refractivity contribution in [3.05, 3.63) is 124 Å². The number of nitrogens with zero attached hydrogens (tertiary/aromatic N) is 2. The van der Waals surface area contributed by atoms with Crippen molar-refractivity contribution >= 4 is 50.7 Å². The Morgan fingerprint density at radius 1 is 0.889 bits per heavy atom. The van der Waals surface area contributed by atoms with Crippen molar-refractivity contribution in [1.82, 2.24) is 10.2 Å². The van der Waals surface area contributed by atoms with Gasteiger partial charge in [-0.05, 0) is 66.1 Å². The Hall–Kier alpha value is -4.05. The minimum atomic E-state index is -4.21. The molecule has 45 heavy (non-hydrogen) atoms. The molecule has 0 saturated heterocycles. The lowest BCUT2D eigenvalue weighted by Crippen LogP contribution is -2.53. The number of methoxy groups -OCH3 is 1. The number of hydrogen-bond donors (Lipinski definition) is 1. The van der Waals surface area contributed by atoms with Gasteiger partial charge in [0, 0.05) is 29.6 Å². The van der Waals surface area contributed by atoms with Gasteiger partial charge >= 0.3 is 0 Å². The van der Waals surface area contributed by atoms with E-state index in [2.05, 4.69) is 5.32 Å². The van der Waals surface area contributed by atoms with Crippen LogP contribution < -0.4 is 14.4 Å². The average molecular weight is 669 g/mol. The van der Waals surface area contributed by atoms with Crippen LogP contribution in [0.3, 0.4) is 0 Å². The molecule has 236 valence electrons. The first-order chi connectivity index (χ1) is 21.6. The summed E-state index contributed by atoms with van der Waals surface area (Å²) >= 11 is 12.7. The minimum Gasteiger partial charge on any atom is -0.497 e. The highest BCUT2D eigenvalue weighted by molar-refractivity contribution is 7.92. The number of rotatable bonds is 14. The molecule has 0 aromatic heterocycles. The number of hydrogen-bond acceptors (Lipinski definition) is 5. The van der Waals surface area contributed by atoms with E-state index in [1.54, 1.807) is 60.7 Å². The summed E-state index contributed by atoms with van der Waals surface area (Å²) in [5.74, 6) is -0.429. The van der Waals surface area contributed by atoms with E-state index in [9.17, 15) is 18.0 Å². The summed E-state index contributed by atoms with van der Waals surface area (Å²) in [6, 6.07) is 27.5. The molecule has 0 heterocycles. The van der Waals surface area contributed by atoms with Crippen LogP contribution in [0.1, 0.15) is 24.5 Å². The Labute approximate surface area is 274 Å². The number of halogens is 2. The number of anilines is 1. The summed E-state index contributed by atoms with van der Waals surface area (Å²) in [6.45, 7) is 1.70. The van der Waals surface area contributed by atoms with E-state index in [-0.39, 0.29) is 29.5 Å².